The lowest BCUT2D eigenvalue weighted by atomic mass is 9.88. The van der Waals surface area contributed by atoms with Crippen molar-refractivity contribution in [2.75, 3.05) is 13.6 Å². The number of hydrogen-bond acceptors (Lipinski definition) is 2. The molecule has 58 valence electrons. The highest BCUT2D eigenvalue weighted by atomic mass is 16.1. The highest BCUT2D eigenvalue weighted by molar-refractivity contribution is 5.81. The van der Waals surface area contributed by atoms with Gasteiger partial charge in [0.25, 0.3) is 0 Å². The summed E-state index contributed by atoms with van der Waals surface area (Å²) in [6.07, 6.45) is 4.25. The Labute approximate surface area is 62.0 Å². The van der Waals surface area contributed by atoms with Crippen LogP contribution in [0, 0.1) is 5.92 Å². The molecule has 0 unspecified atom stereocenters. The third-order valence-electron chi connectivity index (χ3n) is 2.13. The second kappa shape index (κ2) is 3.71. The first-order chi connectivity index (χ1) is 4.84. The predicted octanol–water partition coefficient (Wildman–Crippen LogP) is 0.965. The van der Waals surface area contributed by atoms with Crippen LogP contribution in [0.3, 0.4) is 0 Å². The number of Topliss-reactive ketones (excluding diaryl/α,β-unsaturated/α-hetero) is 1. The van der Waals surface area contributed by atoms with Crippen molar-refractivity contribution in [1.29, 1.82) is 0 Å². The summed E-state index contributed by atoms with van der Waals surface area (Å²) in [5.74, 6) is 0.777. The van der Waals surface area contributed by atoms with E-state index in [-0.39, 0.29) is 0 Å². The van der Waals surface area contributed by atoms with E-state index in [1.54, 1.807) is 0 Å². The van der Waals surface area contributed by atoms with Crippen LogP contribution in [0.4, 0.5) is 0 Å². The molecule has 2 heteroatoms. The van der Waals surface area contributed by atoms with E-state index in [1.807, 2.05) is 7.05 Å². The third kappa shape index (κ3) is 1.81. The molecular weight excluding hydrogens is 126 g/mol. The summed E-state index contributed by atoms with van der Waals surface area (Å²) in [4.78, 5) is 11.1. The van der Waals surface area contributed by atoms with Gasteiger partial charge in [-0.25, -0.2) is 0 Å². The summed E-state index contributed by atoms with van der Waals surface area (Å²) in [5, 5.41) is 3.05. The van der Waals surface area contributed by atoms with Crippen LogP contribution in [0.15, 0.2) is 0 Å². The van der Waals surface area contributed by atoms with E-state index in [4.69, 9.17) is 0 Å². The lowest BCUT2D eigenvalue weighted by Crippen LogP contribution is -2.28. The van der Waals surface area contributed by atoms with Crippen LogP contribution in [-0.4, -0.2) is 19.4 Å². The standard InChI is InChI=1S/C8H15NO/c1-9-6-7-4-2-3-5-8(7)10/h7,9H,2-6H2,1H3/t7-/m0/s1. The normalized spacial score (nSPS) is 26.9. The summed E-state index contributed by atoms with van der Waals surface area (Å²) < 4.78 is 0. The first kappa shape index (κ1) is 7.73. The van der Waals surface area contributed by atoms with Gasteiger partial charge in [0.1, 0.15) is 5.78 Å². The first-order valence-corrected chi connectivity index (χ1v) is 4.02. The van der Waals surface area contributed by atoms with Crippen molar-refractivity contribution in [2.45, 2.75) is 25.7 Å². The second-order valence-corrected chi connectivity index (χ2v) is 2.97. The molecule has 1 atom stereocenters. The Hall–Kier alpha value is -0.370. The van der Waals surface area contributed by atoms with Gasteiger partial charge >= 0.3 is 0 Å². The maximum Gasteiger partial charge on any atom is 0.137 e. The molecule has 1 fully saturated rings. The molecular formula is C8H15NO. The minimum atomic E-state index is 0.318. The molecule has 0 amide bonds. The average Bonchev–Trinajstić information content (AvgIpc) is 1.94. The number of rotatable bonds is 2. The summed E-state index contributed by atoms with van der Waals surface area (Å²) in [6.45, 7) is 0.874. The zero-order valence-electron chi connectivity index (χ0n) is 6.52. The van der Waals surface area contributed by atoms with Crippen molar-refractivity contribution in [3.05, 3.63) is 0 Å². The lowest BCUT2D eigenvalue weighted by molar-refractivity contribution is -0.124. The first-order valence-electron chi connectivity index (χ1n) is 4.02. The van der Waals surface area contributed by atoms with Gasteiger partial charge in [0.2, 0.25) is 0 Å². The van der Waals surface area contributed by atoms with Gasteiger partial charge in [0.05, 0.1) is 0 Å². The fourth-order valence-corrected chi connectivity index (χ4v) is 1.52. The van der Waals surface area contributed by atoms with Crippen molar-refractivity contribution < 1.29 is 4.79 Å². The van der Waals surface area contributed by atoms with Crippen molar-refractivity contribution in [3.63, 3.8) is 0 Å². The highest BCUT2D eigenvalue weighted by Crippen LogP contribution is 2.19. The predicted molar refractivity (Wildman–Crippen MR) is 40.9 cm³/mol. The second-order valence-electron chi connectivity index (χ2n) is 2.97. The zero-order chi connectivity index (χ0) is 7.40. The summed E-state index contributed by atoms with van der Waals surface area (Å²) in [6, 6.07) is 0. The van der Waals surface area contributed by atoms with E-state index in [0.29, 0.717) is 11.7 Å². The molecule has 0 aromatic rings. The van der Waals surface area contributed by atoms with Gasteiger partial charge in [-0.3, -0.25) is 4.79 Å². The molecule has 1 aliphatic rings. The minimum Gasteiger partial charge on any atom is -0.319 e. The molecule has 0 aliphatic heterocycles. The Bertz CT molecular complexity index is 120. The smallest absolute Gasteiger partial charge is 0.137 e. The molecule has 10 heavy (non-hydrogen) atoms. The van der Waals surface area contributed by atoms with E-state index >= 15 is 0 Å². The monoisotopic (exact) mass is 141 g/mol. The topological polar surface area (TPSA) is 29.1 Å². The lowest BCUT2D eigenvalue weighted by Gasteiger charge is -2.19. The molecule has 1 aliphatic carbocycles. The van der Waals surface area contributed by atoms with Gasteiger partial charge in [-0.1, -0.05) is 6.42 Å². The van der Waals surface area contributed by atoms with E-state index in [1.165, 1.54) is 6.42 Å². The van der Waals surface area contributed by atoms with Crippen LogP contribution in [0.5, 0.6) is 0 Å². The quantitative estimate of drug-likeness (QED) is 0.620. The molecule has 0 heterocycles. The van der Waals surface area contributed by atoms with Gasteiger partial charge in [-0.2, -0.15) is 0 Å². The Kier molecular flexibility index (Phi) is 2.87. The molecule has 2 nitrogen and oxygen atoms in total. The van der Waals surface area contributed by atoms with E-state index in [9.17, 15) is 4.79 Å². The van der Waals surface area contributed by atoms with E-state index in [2.05, 4.69) is 5.32 Å². The number of nitrogens with one attached hydrogen (secondary N) is 1. The van der Waals surface area contributed by atoms with Crippen LogP contribution < -0.4 is 5.32 Å². The van der Waals surface area contributed by atoms with Crippen LogP contribution >= 0.6 is 0 Å². The molecule has 1 saturated carbocycles. The third-order valence-corrected chi connectivity index (χ3v) is 2.13. The molecule has 0 aromatic heterocycles. The molecule has 1 rings (SSSR count). The van der Waals surface area contributed by atoms with Crippen LogP contribution in [-0.2, 0) is 4.79 Å². The SMILES string of the molecule is CNC[C@@H]1CCCCC1=O. The van der Waals surface area contributed by atoms with Crippen LogP contribution in [0.1, 0.15) is 25.7 Å². The van der Waals surface area contributed by atoms with Gasteiger partial charge in [0.15, 0.2) is 0 Å². The molecule has 0 bridgehead atoms. The van der Waals surface area contributed by atoms with Gasteiger partial charge < -0.3 is 5.32 Å². The Balaban J connectivity index is 2.32. The maximum atomic E-state index is 11.1. The average molecular weight is 141 g/mol. The van der Waals surface area contributed by atoms with E-state index < -0.39 is 0 Å². The molecule has 1 N–H and O–H groups in total. The van der Waals surface area contributed by atoms with Crippen LogP contribution in [0.25, 0.3) is 0 Å². The van der Waals surface area contributed by atoms with Gasteiger partial charge in [-0.15, -0.1) is 0 Å². The molecule has 0 radical (unpaired) electrons. The van der Waals surface area contributed by atoms with Crippen molar-refractivity contribution in [3.8, 4) is 0 Å². The zero-order valence-corrected chi connectivity index (χ0v) is 6.52. The van der Waals surface area contributed by atoms with Crippen molar-refractivity contribution >= 4 is 5.78 Å². The van der Waals surface area contributed by atoms with Crippen LogP contribution in [0.2, 0.25) is 0 Å². The highest BCUT2D eigenvalue weighted by Gasteiger charge is 2.20. The summed E-state index contributed by atoms with van der Waals surface area (Å²) in [7, 11) is 1.90. The van der Waals surface area contributed by atoms with Crippen molar-refractivity contribution in [2.24, 2.45) is 5.92 Å². The Morgan fingerprint density at radius 2 is 2.40 bits per heavy atom. The fourth-order valence-electron chi connectivity index (χ4n) is 1.52. The largest absolute Gasteiger partial charge is 0.319 e. The summed E-state index contributed by atoms with van der Waals surface area (Å²) >= 11 is 0. The molecule has 0 spiro atoms. The Morgan fingerprint density at radius 3 is 3.00 bits per heavy atom. The number of hydrogen-bond donors (Lipinski definition) is 1. The molecule has 0 aromatic carbocycles. The van der Waals surface area contributed by atoms with Crippen molar-refractivity contribution in [1.82, 2.24) is 5.32 Å². The number of ketones is 1. The fraction of sp³-hybridized carbons (Fsp3) is 0.875. The van der Waals surface area contributed by atoms with E-state index in [0.717, 1.165) is 25.8 Å². The minimum absolute atomic E-state index is 0.318. The van der Waals surface area contributed by atoms with Gasteiger partial charge in [-0.05, 0) is 19.9 Å². The molecule has 0 saturated heterocycles. The summed E-state index contributed by atoms with van der Waals surface area (Å²) in [5.41, 5.74) is 0. The Morgan fingerprint density at radius 1 is 1.60 bits per heavy atom. The maximum absolute atomic E-state index is 11.1. The van der Waals surface area contributed by atoms with Gasteiger partial charge in [0, 0.05) is 18.9 Å². The number of carbonyl (C=O) groups excluding carboxylic acids is 1. The number of carbonyl (C=O) groups is 1.